The molecule has 0 spiro atoms. The van der Waals surface area contributed by atoms with Crippen LogP contribution < -0.4 is 0 Å². The Morgan fingerprint density at radius 3 is 2.16 bits per heavy atom. The average molecular weight is 482 g/mol. The molecule has 0 fully saturated rings. The van der Waals surface area contributed by atoms with E-state index >= 15 is 0 Å². The van der Waals surface area contributed by atoms with Crippen molar-refractivity contribution >= 4 is 10.8 Å². The maximum absolute atomic E-state index is 11.3. The van der Waals surface area contributed by atoms with Crippen molar-refractivity contribution in [1.29, 1.82) is 0 Å². The Hall–Kier alpha value is -4.70. The van der Waals surface area contributed by atoms with Gasteiger partial charge in [0, 0.05) is 48.6 Å². The van der Waals surface area contributed by atoms with Crippen LogP contribution in [0.1, 0.15) is 22.3 Å². The SMILES string of the molecule is Cn1cc(-c2cccc(Cc3ccccc3Cc3cncc4ccccc34)c2O)nc1-c1ccccc1. The molecule has 0 aliphatic rings. The molecule has 0 saturated carbocycles. The monoisotopic (exact) mass is 481 g/mol. The summed E-state index contributed by atoms with van der Waals surface area (Å²) in [6.07, 6.45) is 7.26. The zero-order valence-electron chi connectivity index (χ0n) is 20.7. The minimum absolute atomic E-state index is 0.279. The number of phenols is 1. The Kier molecular flexibility index (Phi) is 5.99. The van der Waals surface area contributed by atoms with Crippen LogP contribution in [0, 0.1) is 0 Å². The number of aromatic nitrogens is 3. The third kappa shape index (κ3) is 4.50. The van der Waals surface area contributed by atoms with E-state index in [0.717, 1.165) is 40.0 Å². The van der Waals surface area contributed by atoms with Gasteiger partial charge in [-0.15, -0.1) is 0 Å². The fraction of sp³-hybridized carbons (Fsp3) is 0.0909. The van der Waals surface area contributed by atoms with E-state index in [1.165, 1.54) is 22.1 Å². The van der Waals surface area contributed by atoms with E-state index in [2.05, 4.69) is 47.4 Å². The number of rotatable bonds is 6. The first-order valence-electron chi connectivity index (χ1n) is 12.5. The first-order valence-corrected chi connectivity index (χ1v) is 12.5. The van der Waals surface area contributed by atoms with Crippen LogP contribution in [-0.4, -0.2) is 19.6 Å². The number of imidazole rings is 1. The van der Waals surface area contributed by atoms with Crippen LogP contribution in [0.2, 0.25) is 0 Å². The third-order valence-corrected chi connectivity index (χ3v) is 6.93. The van der Waals surface area contributed by atoms with Crippen LogP contribution in [0.5, 0.6) is 5.75 Å². The number of hydrogen-bond acceptors (Lipinski definition) is 3. The minimum Gasteiger partial charge on any atom is -0.507 e. The molecule has 6 rings (SSSR count). The molecule has 0 bridgehead atoms. The standard InChI is InChI=1S/C33H27N3O/c1-36-22-31(35-33(36)23-10-3-2-4-11-23)30-17-9-15-26(32(30)37)18-24-12-5-6-13-25(24)19-28-21-34-20-27-14-7-8-16-29(27)28/h2-17,20-22,37H,18-19H2,1H3. The number of pyridine rings is 1. The molecule has 0 amide bonds. The summed E-state index contributed by atoms with van der Waals surface area (Å²) in [6.45, 7) is 0. The number of hydrogen-bond donors (Lipinski definition) is 1. The number of nitrogens with zero attached hydrogens (tertiary/aromatic N) is 3. The molecule has 0 saturated heterocycles. The van der Waals surface area contributed by atoms with E-state index in [1.54, 1.807) is 0 Å². The molecule has 1 N–H and O–H groups in total. The Bertz CT molecular complexity index is 1700. The maximum Gasteiger partial charge on any atom is 0.140 e. The second-order valence-corrected chi connectivity index (χ2v) is 9.38. The molecule has 0 unspecified atom stereocenters. The highest BCUT2D eigenvalue weighted by Crippen LogP contribution is 2.35. The predicted molar refractivity (Wildman–Crippen MR) is 150 cm³/mol. The molecular formula is C33H27N3O. The van der Waals surface area contributed by atoms with Gasteiger partial charge in [-0.25, -0.2) is 4.98 Å². The molecule has 180 valence electrons. The third-order valence-electron chi connectivity index (χ3n) is 6.93. The lowest BCUT2D eigenvalue weighted by Gasteiger charge is -2.13. The highest BCUT2D eigenvalue weighted by molar-refractivity contribution is 5.85. The molecule has 2 heterocycles. The van der Waals surface area contributed by atoms with Gasteiger partial charge in [0.1, 0.15) is 11.6 Å². The molecule has 6 aromatic rings. The molecule has 37 heavy (non-hydrogen) atoms. The summed E-state index contributed by atoms with van der Waals surface area (Å²) < 4.78 is 2.00. The van der Waals surface area contributed by atoms with Crippen LogP contribution in [0.25, 0.3) is 33.4 Å². The number of para-hydroxylation sites is 1. The van der Waals surface area contributed by atoms with Crippen molar-refractivity contribution in [2.75, 3.05) is 0 Å². The van der Waals surface area contributed by atoms with E-state index in [0.29, 0.717) is 6.42 Å². The number of fused-ring (bicyclic) bond motifs is 1. The second-order valence-electron chi connectivity index (χ2n) is 9.38. The van der Waals surface area contributed by atoms with E-state index in [1.807, 2.05) is 84.8 Å². The lowest BCUT2D eigenvalue weighted by Crippen LogP contribution is -1.99. The molecule has 0 atom stereocenters. The first-order chi connectivity index (χ1) is 18.2. The van der Waals surface area contributed by atoms with Crippen molar-refractivity contribution in [3.63, 3.8) is 0 Å². The Morgan fingerprint density at radius 1 is 0.676 bits per heavy atom. The van der Waals surface area contributed by atoms with Gasteiger partial charge in [0.15, 0.2) is 0 Å². The highest BCUT2D eigenvalue weighted by atomic mass is 16.3. The summed E-state index contributed by atoms with van der Waals surface area (Å²) in [6, 6.07) is 32.9. The lowest BCUT2D eigenvalue weighted by atomic mass is 9.93. The van der Waals surface area contributed by atoms with E-state index in [-0.39, 0.29) is 5.75 Å². The molecule has 4 heteroatoms. The van der Waals surface area contributed by atoms with Gasteiger partial charge in [-0.05, 0) is 40.1 Å². The normalized spacial score (nSPS) is 11.2. The van der Waals surface area contributed by atoms with Gasteiger partial charge in [0.25, 0.3) is 0 Å². The molecular weight excluding hydrogens is 454 g/mol. The van der Waals surface area contributed by atoms with Gasteiger partial charge in [-0.1, -0.05) is 91.0 Å². The Labute approximate surface area is 216 Å². The highest BCUT2D eigenvalue weighted by Gasteiger charge is 2.16. The fourth-order valence-corrected chi connectivity index (χ4v) is 5.02. The van der Waals surface area contributed by atoms with Gasteiger partial charge in [0.2, 0.25) is 0 Å². The summed E-state index contributed by atoms with van der Waals surface area (Å²) in [7, 11) is 1.98. The lowest BCUT2D eigenvalue weighted by molar-refractivity contribution is 0.471. The van der Waals surface area contributed by atoms with Gasteiger partial charge >= 0.3 is 0 Å². The summed E-state index contributed by atoms with van der Waals surface area (Å²) in [5.74, 6) is 1.15. The largest absolute Gasteiger partial charge is 0.507 e. The van der Waals surface area contributed by atoms with E-state index in [9.17, 15) is 5.11 Å². The van der Waals surface area contributed by atoms with Crippen molar-refractivity contribution in [1.82, 2.24) is 14.5 Å². The number of aromatic hydroxyl groups is 1. The molecule has 0 radical (unpaired) electrons. The predicted octanol–water partition coefficient (Wildman–Crippen LogP) is 7.19. The average Bonchev–Trinajstić information content (AvgIpc) is 3.33. The topological polar surface area (TPSA) is 50.9 Å². The number of phenolic OH excluding ortho intramolecular Hbond substituents is 1. The zero-order valence-corrected chi connectivity index (χ0v) is 20.7. The van der Waals surface area contributed by atoms with Crippen molar-refractivity contribution in [3.8, 4) is 28.4 Å². The summed E-state index contributed by atoms with van der Waals surface area (Å²) in [5.41, 5.74) is 7.05. The molecule has 2 aromatic heterocycles. The summed E-state index contributed by atoms with van der Waals surface area (Å²) >= 11 is 0. The van der Waals surface area contributed by atoms with Crippen molar-refractivity contribution in [3.05, 3.63) is 138 Å². The number of benzene rings is 4. The molecule has 4 aromatic carbocycles. The van der Waals surface area contributed by atoms with Crippen LogP contribution in [-0.2, 0) is 19.9 Å². The molecule has 0 aliphatic carbocycles. The Morgan fingerprint density at radius 2 is 1.35 bits per heavy atom. The van der Waals surface area contributed by atoms with Gasteiger partial charge in [-0.2, -0.15) is 0 Å². The van der Waals surface area contributed by atoms with Crippen molar-refractivity contribution < 1.29 is 5.11 Å². The fourth-order valence-electron chi connectivity index (χ4n) is 5.02. The van der Waals surface area contributed by atoms with Crippen LogP contribution in [0.4, 0.5) is 0 Å². The van der Waals surface area contributed by atoms with Gasteiger partial charge < -0.3 is 9.67 Å². The van der Waals surface area contributed by atoms with Crippen LogP contribution in [0.3, 0.4) is 0 Å². The second kappa shape index (κ2) is 9.75. The smallest absolute Gasteiger partial charge is 0.140 e. The van der Waals surface area contributed by atoms with Crippen LogP contribution >= 0.6 is 0 Å². The van der Waals surface area contributed by atoms with E-state index in [4.69, 9.17) is 4.98 Å². The van der Waals surface area contributed by atoms with E-state index < -0.39 is 0 Å². The number of aryl methyl sites for hydroxylation is 1. The minimum atomic E-state index is 0.279. The van der Waals surface area contributed by atoms with Gasteiger partial charge in [0.05, 0.1) is 5.69 Å². The van der Waals surface area contributed by atoms with Gasteiger partial charge in [-0.3, -0.25) is 4.98 Å². The van der Waals surface area contributed by atoms with Crippen LogP contribution in [0.15, 0.2) is 116 Å². The van der Waals surface area contributed by atoms with Crippen molar-refractivity contribution in [2.45, 2.75) is 12.8 Å². The first kappa shape index (κ1) is 22.7. The zero-order chi connectivity index (χ0) is 25.2. The Balaban J connectivity index is 1.33. The maximum atomic E-state index is 11.3. The molecule has 0 aliphatic heterocycles. The quantitative estimate of drug-likeness (QED) is 0.274. The van der Waals surface area contributed by atoms with Crippen molar-refractivity contribution in [2.24, 2.45) is 7.05 Å². The summed E-state index contributed by atoms with van der Waals surface area (Å²) in [5, 5.41) is 13.7. The summed E-state index contributed by atoms with van der Waals surface area (Å²) in [4.78, 5) is 9.32. The molecule has 4 nitrogen and oxygen atoms in total.